The topological polar surface area (TPSA) is 84.0 Å². The van der Waals surface area contributed by atoms with Gasteiger partial charge in [-0.05, 0) is 54.7 Å². The molecule has 2 aromatic carbocycles. The second kappa shape index (κ2) is 9.83. The fraction of sp³-hybridized carbons (Fsp3) is 0.417. The highest BCUT2D eigenvalue weighted by atomic mass is 32.2. The first kappa shape index (κ1) is 22.5. The van der Waals surface area contributed by atoms with Gasteiger partial charge in [0.2, 0.25) is 10.0 Å². The highest BCUT2D eigenvalue weighted by Crippen LogP contribution is 2.25. The molecule has 0 atom stereocenters. The number of rotatable bonds is 5. The second-order valence-corrected chi connectivity index (χ2v) is 10.2. The number of hydrogen-bond donors (Lipinski definition) is 0. The van der Waals surface area contributed by atoms with E-state index in [-0.39, 0.29) is 23.0 Å². The van der Waals surface area contributed by atoms with E-state index >= 15 is 0 Å². The number of fused-ring (bicyclic) bond motifs is 1. The lowest BCUT2D eigenvalue weighted by Gasteiger charge is -2.28. The Balaban J connectivity index is 1.37. The lowest BCUT2D eigenvalue weighted by molar-refractivity contribution is -0.134. The van der Waals surface area contributed by atoms with Crippen LogP contribution in [0.5, 0.6) is 0 Å². The van der Waals surface area contributed by atoms with Crippen LogP contribution in [-0.4, -0.2) is 55.7 Å². The number of benzene rings is 2. The summed E-state index contributed by atoms with van der Waals surface area (Å²) in [5.74, 6) is -0.825. The maximum Gasteiger partial charge on any atom is 0.338 e. The summed E-state index contributed by atoms with van der Waals surface area (Å²) in [4.78, 5) is 26.5. The van der Waals surface area contributed by atoms with Crippen molar-refractivity contribution in [2.45, 2.75) is 43.5 Å². The van der Waals surface area contributed by atoms with Gasteiger partial charge in [0.05, 0.1) is 10.5 Å². The third-order valence-electron chi connectivity index (χ3n) is 6.11. The van der Waals surface area contributed by atoms with Crippen LogP contribution in [-0.2, 0) is 32.5 Å². The van der Waals surface area contributed by atoms with Gasteiger partial charge in [-0.25, -0.2) is 13.2 Å². The van der Waals surface area contributed by atoms with Crippen LogP contribution in [0.25, 0.3) is 0 Å². The zero-order valence-corrected chi connectivity index (χ0v) is 18.9. The van der Waals surface area contributed by atoms with Crippen molar-refractivity contribution in [2.24, 2.45) is 0 Å². The third kappa shape index (κ3) is 5.02. The summed E-state index contributed by atoms with van der Waals surface area (Å²) in [6.07, 6.45) is 4.84. The molecule has 0 spiro atoms. The summed E-state index contributed by atoms with van der Waals surface area (Å²) in [7, 11) is -3.67. The zero-order chi connectivity index (χ0) is 22.6. The van der Waals surface area contributed by atoms with E-state index in [4.69, 9.17) is 4.74 Å². The first-order valence-corrected chi connectivity index (χ1v) is 12.5. The normalized spacial score (nSPS) is 17.3. The molecule has 8 heteroatoms. The van der Waals surface area contributed by atoms with Crippen LogP contribution in [0.4, 0.5) is 0 Å². The number of amides is 1. The number of carbonyl (C=O) groups is 2. The minimum Gasteiger partial charge on any atom is -0.452 e. The molecule has 0 bridgehead atoms. The Morgan fingerprint density at radius 2 is 1.50 bits per heavy atom. The van der Waals surface area contributed by atoms with Crippen LogP contribution in [0.2, 0.25) is 0 Å². The Hall–Kier alpha value is -2.71. The van der Waals surface area contributed by atoms with Crippen LogP contribution in [0, 0.1) is 0 Å². The molecule has 1 amide bonds. The SMILES string of the molecule is O=C(OCC(=O)N1CCCCCC1)c1ccc(S(=O)(=O)N2CCc3ccccc3C2)cc1. The summed E-state index contributed by atoms with van der Waals surface area (Å²) in [6.45, 7) is 1.85. The Morgan fingerprint density at radius 3 is 2.19 bits per heavy atom. The van der Waals surface area contributed by atoms with Gasteiger partial charge in [0.15, 0.2) is 6.61 Å². The molecule has 2 aliphatic rings. The minimum atomic E-state index is -3.67. The highest BCUT2D eigenvalue weighted by molar-refractivity contribution is 7.89. The largest absolute Gasteiger partial charge is 0.452 e. The first-order valence-electron chi connectivity index (χ1n) is 11.1. The lowest BCUT2D eigenvalue weighted by Crippen LogP contribution is -2.36. The Bertz CT molecular complexity index is 1070. The van der Waals surface area contributed by atoms with Gasteiger partial charge >= 0.3 is 5.97 Å². The van der Waals surface area contributed by atoms with E-state index in [1.165, 1.54) is 34.1 Å². The van der Waals surface area contributed by atoms with Gasteiger partial charge in [0.25, 0.3) is 5.91 Å². The molecule has 2 aliphatic heterocycles. The van der Waals surface area contributed by atoms with Gasteiger partial charge in [-0.15, -0.1) is 0 Å². The van der Waals surface area contributed by atoms with E-state index in [9.17, 15) is 18.0 Å². The molecule has 2 aromatic rings. The molecule has 2 heterocycles. The summed E-state index contributed by atoms with van der Waals surface area (Å²) >= 11 is 0. The van der Waals surface area contributed by atoms with Gasteiger partial charge in [0.1, 0.15) is 0 Å². The Labute approximate surface area is 189 Å². The first-order chi connectivity index (χ1) is 15.4. The van der Waals surface area contributed by atoms with Crippen LogP contribution in [0.1, 0.15) is 47.2 Å². The fourth-order valence-corrected chi connectivity index (χ4v) is 5.63. The van der Waals surface area contributed by atoms with Crippen molar-refractivity contribution in [2.75, 3.05) is 26.2 Å². The second-order valence-electron chi connectivity index (χ2n) is 8.25. The summed E-state index contributed by atoms with van der Waals surface area (Å²) in [6, 6.07) is 13.6. The number of carbonyl (C=O) groups excluding carboxylic acids is 2. The van der Waals surface area contributed by atoms with Gasteiger partial charge < -0.3 is 9.64 Å². The average Bonchev–Trinajstić information content (AvgIpc) is 3.12. The Morgan fingerprint density at radius 1 is 0.844 bits per heavy atom. The van der Waals surface area contributed by atoms with Crippen LogP contribution >= 0.6 is 0 Å². The number of likely N-dealkylation sites (tertiary alicyclic amines) is 1. The predicted octanol–water partition coefficient (Wildman–Crippen LogP) is 2.99. The van der Waals surface area contributed by atoms with Crippen LogP contribution < -0.4 is 0 Å². The van der Waals surface area contributed by atoms with Crippen molar-refractivity contribution >= 4 is 21.9 Å². The monoisotopic (exact) mass is 456 g/mol. The molecule has 0 N–H and O–H groups in total. The third-order valence-corrected chi connectivity index (χ3v) is 7.97. The lowest BCUT2D eigenvalue weighted by atomic mass is 10.0. The molecule has 0 unspecified atom stereocenters. The van der Waals surface area contributed by atoms with Crippen molar-refractivity contribution < 1.29 is 22.7 Å². The van der Waals surface area contributed by atoms with Gasteiger partial charge in [0, 0.05) is 26.2 Å². The zero-order valence-electron chi connectivity index (χ0n) is 18.0. The van der Waals surface area contributed by atoms with Crippen molar-refractivity contribution in [1.29, 1.82) is 0 Å². The quantitative estimate of drug-likeness (QED) is 0.646. The molecule has 1 saturated heterocycles. The van der Waals surface area contributed by atoms with E-state index in [1.54, 1.807) is 4.90 Å². The average molecular weight is 457 g/mol. The number of ether oxygens (including phenoxy) is 1. The molecular weight excluding hydrogens is 428 g/mol. The van der Waals surface area contributed by atoms with Gasteiger partial charge in [-0.1, -0.05) is 37.1 Å². The molecule has 0 saturated carbocycles. The molecule has 0 aliphatic carbocycles. The van der Waals surface area contributed by atoms with Crippen molar-refractivity contribution in [3.8, 4) is 0 Å². The van der Waals surface area contributed by atoms with Gasteiger partial charge in [-0.3, -0.25) is 4.79 Å². The summed E-state index contributed by atoms with van der Waals surface area (Å²) in [5, 5.41) is 0. The van der Waals surface area contributed by atoms with Crippen molar-refractivity contribution in [1.82, 2.24) is 9.21 Å². The maximum atomic E-state index is 13.1. The van der Waals surface area contributed by atoms with Crippen molar-refractivity contribution in [3.63, 3.8) is 0 Å². The highest BCUT2D eigenvalue weighted by Gasteiger charge is 2.28. The fourth-order valence-electron chi connectivity index (χ4n) is 4.21. The molecule has 4 rings (SSSR count). The van der Waals surface area contributed by atoms with E-state index in [0.717, 1.165) is 31.2 Å². The smallest absolute Gasteiger partial charge is 0.338 e. The maximum absolute atomic E-state index is 13.1. The minimum absolute atomic E-state index is 0.133. The molecule has 1 fully saturated rings. The molecule has 7 nitrogen and oxygen atoms in total. The Kier molecular flexibility index (Phi) is 6.91. The van der Waals surface area contributed by atoms with Crippen molar-refractivity contribution in [3.05, 3.63) is 65.2 Å². The number of esters is 1. The van der Waals surface area contributed by atoms with Gasteiger partial charge in [-0.2, -0.15) is 4.31 Å². The van der Waals surface area contributed by atoms with E-state index < -0.39 is 16.0 Å². The number of sulfonamides is 1. The van der Waals surface area contributed by atoms with E-state index in [1.807, 2.05) is 24.3 Å². The van der Waals surface area contributed by atoms with Crippen LogP contribution in [0.15, 0.2) is 53.4 Å². The van der Waals surface area contributed by atoms with Crippen LogP contribution in [0.3, 0.4) is 0 Å². The van der Waals surface area contributed by atoms with E-state index in [0.29, 0.717) is 32.6 Å². The molecular formula is C24H28N2O5S. The molecule has 32 heavy (non-hydrogen) atoms. The number of nitrogens with zero attached hydrogens (tertiary/aromatic N) is 2. The standard InChI is InChI=1S/C24H28N2O5S/c27-23(25-14-5-1-2-6-15-25)18-31-24(28)20-9-11-22(12-10-20)32(29,30)26-16-13-19-7-3-4-8-21(19)17-26/h3-4,7-12H,1-2,5-6,13-18H2. The molecule has 0 radical (unpaired) electrons. The predicted molar refractivity (Wildman–Crippen MR) is 120 cm³/mol. The number of hydrogen-bond acceptors (Lipinski definition) is 5. The molecule has 170 valence electrons. The summed E-state index contributed by atoms with van der Waals surface area (Å²) < 4.78 is 32.7. The molecule has 0 aromatic heterocycles. The summed E-state index contributed by atoms with van der Waals surface area (Å²) in [5.41, 5.74) is 2.40. The van der Waals surface area contributed by atoms with E-state index in [2.05, 4.69) is 0 Å².